The lowest BCUT2D eigenvalue weighted by Crippen LogP contribution is -2.26. The predicted octanol–water partition coefficient (Wildman–Crippen LogP) is 3.15. The van der Waals surface area contributed by atoms with Crippen molar-refractivity contribution >= 4 is 0 Å². The summed E-state index contributed by atoms with van der Waals surface area (Å²) < 4.78 is 2.30. The molecule has 1 aromatic rings. The van der Waals surface area contributed by atoms with Gasteiger partial charge in [0, 0.05) is 24.2 Å². The fourth-order valence-electron chi connectivity index (χ4n) is 2.89. The van der Waals surface area contributed by atoms with Gasteiger partial charge in [0.1, 0.15) is 0 Å². The molecule has 0 saturated carbocycles. The van der Waals surface area contributed by atoms with Crippen LogP contribution < -0.4 is 0 Å². The number of aryl methyl sites for hydroxylation is 1. The Bertz CT molecular complexity index is 400. The summed E-state index contributed by atoms with van der Waals surface area (Å²) in [5.74, 6) is 0. The van der Waals surface area contributed by atoms with Gasteiger partial charge in [0.05, 0.1) is 11.7 Å². The molecule has 0 bridgehead atoms. The lowest BCUT2D eigenvalue weighted by atomic mass is 9.91. The normalized spacial score (nSPS) is 21.7. The second kappa shape index (κ2) is 5.04. The van der Waals surface area contributed by atoms with Crippen LogP contribution >= 0.6 is 0 Å². The van der Waals surface area contributed by atoms with Gasteiger partial charge in [-0.25, -0.2) is 0 Å². The molecule has 3 heteroatoms. The van der Waals surface area contributed by atoms with E-state index >= 15 is 0 Å². The lowest BCUT2D eigenvalue weighted by Gasteiger charge is -2.24. The zero-order valence-electron chi connectivity index (χ0n) is 12.5. The van der Waals surface area contributed by atoms with E-state index < -0.39 is 0 Å². The largest absolute Gasteiger partial charge is 0.301 e. The van der Waals surface area contributed by atoms with Crippen LogP contribution in [0.1, 0.15) is 58.0 Å². The van der Waals surface area contributed by atoms with Gasteiger partial charge in [0.15, 0.2) is 0 Å². The number of nitrogens with zero attached hydrogens (tertiary/aromatic N) is 3. The lowest BCUT2D eigenvalue weighted by molar-refractivity contribution is 0.314. The minimum absolute atomic E-state index is 0.180. The molecule has 0 radical (unpaired) electrons. The van der Waals surface area contributed by atoms with E-state index in [1.165, 1.54) is 31.6 Å². The van der Waals surface area contributed by atoms with Crippen LogP contribution in [0.15, 0.2) is 6.07 Å². The van der Waals surface area contributed by atoms with Crippen molar-refractivity contribution in [3.05, 3.63) is 17.5 Å². The van der Waals surface area contributed by atoms with Gasteiger partial charge in [-0.1, -0.05) is 27.7 Å². The SMILES string of the molecule is CCCN1CCC(n2nc(C)cc2C(C)(C)C)C1. The molecule has 1 fully saturated rings. The van der Waals surface area contributed by atoms with Crippen LogP contribution in [-0.4, -0.2) is 34.3 Å². The molecule has 0 aliphatic carbocycles. The van der Waals surface area contributed by atoms with Gasteiger partial charge < -0.3 is 4.90 Å². The molecule has 102 valence electrons. The van der Waals surface area contributed by atoms with Crippen LogP contribution in [0.3, 0.4) is 0 Å². The number of hydrogen-bond acceptors (Lipinski definition) is 2. The Kier molecular flexibility index (Phi) is 3.81. The van der Waals surface area contributed by atoms with E-state index in [-0.39, 0.29) is 5.41 Å². The third kappa shape index (κ3) is 2.77. The molecule has 1 saturated heterocycles. The topological polar surface area (TPSA) is 21.1 Å². The summed E-state index contributed by atoms with van der Waals surface area (Å²) in [5, 5.41) is 4.74. The average Bonchev–Trinajstić information content (AvgIpc) is 2.84. The van der Waals surface area contributed by atoms with Gasteiger partial charge in [-0.05, 0) is 32.4 Å². The van der Waals surface area contributed by atoms with Crippen LogP contribution in [0, 0.1) is 6.92 Å². The van der Waals surface area contributed by atoms with E-state index in [0.717, 1.165) is 12.2 Å². The Labute approximate surface area is 111 Å². The minimum Gasteiger partial charge on any atom is -0.301 e. The fraction of sp³-hybridized carbons (Fsp3) is 0.800. The summed E-state index contributed by atoms with van der Waals surface area (Å²) >= 11 is 0. The summed E-state index contributed by atoms with van der Waals surface area (Å²) in [6.45, 7) is 14.8. The zero-order chi connectivity index (χ0) is 13.3. The Morgan fingerprint density at radius 2 is 2.11 bits per heavy atom. The summed E-state index contributed by atoms with van der Waals surface area (Å²) in [5.41, 5.74) is 2.71. The summed E-state index contributed by atoms with van der Waals surface area (Å²) in [7, 11) is 0. The highest BCUT2D eigenvalue weighted by Crippen LogP contribution is 2.29. The molecule has 18 heavy (non-hydrogen) atoms. The predicted molar refractivity (Wildman–Crippen MR) is 76.0 cm³/mol. The molecule has 1 aliphatic rings. The molecular weight excluding hydrogens is 222 g/mol. The second-order valence-electron chi connectivity index (χ2n) is 6.61. The first-order chi connectivity index (χ1) is 8.41. The Hall–Kier alpha value is -0.830. The molecule has 2 heterocycles. The highest BCUT2D eigenvalue weighted by atomic mass is 15.3. The first-order valence-electron chi connectivity index (χ1n) is 7.21. The Morgan fingerprint density at radius 3 is 2.72 bits per heavy atom. The maximum absolute atomic E-state index is 4.74. The van der Waals surface area contributed by atoms with Crippen LogP contribution in [-0.2, 0) is 5.41 Å². The van der Waals surface area contributed by atoms with Gasteiger partial charge in [-0.15, -0.1) is 0 Å². The molecular formula is C15H27N3. The molecule has 0 amide bonds. The number of aromatic nitrogens is 2. The van der Waals surface area contributed by atoms with Crippen LogP contribution in [0.2, 0.25) is 0 Å². The van der Waals surface area contributed by atoms with Gasteiger partial charge in [0.2, 0.25) is 0 Å². The molecule has 3 nitrogen and oxygen atoms in total. The smallest absolute Gasteiger partial charge is 0.0661 e. The molecule has 1 unspecified atom stereocenters. The minimum atomic E-state index is 0.180. The van der Waals surface area contributed by atoms with Crippen molar-refractivity contribution in [2.45, 2.75) is 58.9 Å². The third-order valence-corrected chi connectivity index (χ3v) is 3.76. The fourth-order valence-corrected chi connectivity index (χ4v) is 2.89. The van der Waals surface area contributed by atoms with E-state index in [2.05, 4.69) is 50.3 Å². The third-order valence-electron chi connectivity index (χ3n) is 3.76. The molecule has 0 spiro atoms. The van der Waals surface area contributed by atoms with E-state index in [4.69, 9.17) is 5.10 Å². The van der Waals surface area contributed by atoms with Gasteiger partial charge in [-0.2, -0.15) is 5.10 Å². The maximum atomic E-state index is 4.74. The summed E-state index contributed by atoms with van der Waals surface area (Å²) in [4.78, 5) is 2.56. The summed E-state index contributed by atoms with van der Waals surface area (Å²) in [6.07, 6.45) is 2.49. The van der Waals surface area contributed by atoms with E-state index in [1.54, 1.807) is 0 Å². The average molecular weight is 249 g/mol. The highest BCUT2D eigenvalue weighted by molar-refractivity contribution is 5.18. The quantitative estimate of drug-likeness (QED) is 0.820. The van der Waals surface area contributed by atoms with E-state index in [0.29, 0.717) is 6.04 Å². The van der Waals surface area contributed by atoms with Crippen molar-refractivity contribution in [1.29, 1.82) is 0 Å². The number of hydrogen-bond donors (Lipinski definition) is 0. The van der Waals surface area contributed by atoms with E-state index in [1.807, 2.05) is 0 Å². The van der Waals surface area contributed by atoms with Crippen molar-refractivity contribution in [1.82, 2.24) is 14.7 Å². The zero-order valence-corrected chi connectivity index (χ0v) is 12.5. The Balaban J connectivity index is 2.19. The molecule has 0 N–H and O–H groups in total. The van der Waals surface area contributed by atoms with Gasteiger partial charge >= 0.3 is 0 Å². The first kappa shape index (κ1) is 13.6. The maximum Gasteiger partial charge on any atom is 0.0661 e. The molecule has 1 atom stereocenters. The number of rotatable bonds is 3. The van der Waals surface area contributed by atoms with Crippen LogP contribution in [0.5, 0.6) is 0 Å². The first-order valence-corrected chi connectivity index (χ1v) is 7.21. The van der Waals surface area contributed by atoms with E-state index in [9.17, 15) is 0 Å². The van der Waals surface area contributed by atoms with Crippen molar-refractivity contribution in [3.63, 3.8) is 0 Å². The van der Waals surface area contributed by atoms with Crippen LogP contribution in [0.25, 0.3) is 0 Å². The number of likely N-dealkylation sites (tertiary alicyclic amines) is 1. The molecule has 1 aliphatic heterocycles. The Morgan fingerprint density at radius 1 is 1.39 bits per heavy atom. The van der Waals surface area contributed by atoms with Crippen LogP contribution in [0.4, 0.5) is 0 Å². The van der Waals surface area contributed by atoms with Crippen molar-refractivity contribution in [2.24, 2.45) is 0 Å². The molecule has 1 aromatic heterocycles. The molecule has 0 aromatic carbocycles. The van der Waals surface area contributed by atoms with Gasteiger partial charge in [-0.3, -0.25) is 4.68 Å². The molecule has 2 rings (SSSR count). The monoisotopic (exact) mass is 249 g/mol. The van der Waals surface area contributed by atoms with Crippen molar-refractivity contribution in [2.75, 3.05) is 19.6 Å². The second-order valence-corrected chi connectivity index (χ2v) is 6.61. The standard InChI is InChI=1S/C15H27N3/c1-6-8-17-9-7-13(11-17)18-14(15(3,4)5)10-12(2)16-18/h10,13H,6-9,11H2,1-5H3. The van der Waals surface area contributed by atoms with Crippen molar-refractivity contribution < 1.29 is 0 Å². The highest BCUT2D eigenvalue weighted by Gasteiger charge is 2.29. The van der Waals surface area contributed by atoms with Gasteiger partial charge in [0.25, 0.3) is 0 Å². The van der Waals surface area contributed by atoms with Crippen molar-refractivity contribution in [3.8, 4) is 0 Å². The summed E-state index contributed by atoms with van der Waals surface area (Å²) in [6, 6.07) is 2.82.